The summed E-state index contributed by atoms with van der Waals surface area (Å²) < 4.78 is 28.9. The lowest BCUT2D eigenvalue weighted by Crippen LogP contribution is -2.47. The lowest BCUT2D eigenvalue weighted by Gasteiger charge is -2.34. The molecule has 2 aromatic carbocycles. The minimum Gasteiger partial charge on any atom is -0.332 e. The van der Waals surface area contributed by atoms with E-state index in [0.717, 1.165) is 35.8 Å². The number of hydrogen-bond donors (Lipinski definition) is 0. The van der Waals surface area contributed by atoms with Crippen molar-refractivity contribution in [3.05, 3.63) is 91.6 Å². The number of sulfonamides is 1. The molecule has 1 heterocycles. The Morgan fingerprint density at radius 3 is 2.41 bits per heavy atom. The van der Waals surface area contributed by atoms with Crippen molar-refractivity contribution >= 4 is 44.6 Å². The van der Waals surface area contributed by atoms with E-state index in [0.29, 0.717) is 25.9 Å². The van der Waals surface area contributed by atoms with Gasteiger partial charge in [0.25, 0.3) is 5.69 Å². The molecule has 0 atom stereocenters. The SMILES string of the molecule is O=C(CN(C1CCCCC1)S(=O)(=O)c1ccc(Cl)c([N+](=O)[O-])c1)N(Cc1ccccc1)Cc1cccs1. The second-order valence-electron chi connectivity index (χ2n) is 9.03. The molecule has 11 heteroatoms. The highest BCUT2D eigenvalue weighted by Gasteiger charge is 2.36. The van der Waals surface area contributed by atoms with Crippen molar-refractivity contribution in [2.75, 3.05) is 6.54 Å². The van der Waals surface area contributed by atoms with Gasteiger partial charge in [-0.3, -0.25) is 14.9 Å². The Labute approximate surface area is 225 Å². The normalized spacial score (nSPS) is 14.5. The van der Waals surface area contributed by atoms with Crippen molar-refractivity contribution in [2.24, 2.45) is 0 Å². The van der Waals surface area contributed by atoms with Gasteiger partial charge >= 0.3 is 0 Å². The van der Waals surface area contributed by atoms with E-state index in [1.54, 1.807) is 4.90 Å². The second-order valence-corrected chi connectivity index (χ2v) is 12.4. The van der Waals surface area contributed by atoms with Crippen LogP contribution in [0, 0.1) is 10.1 Å². The van der Waals surface area contributed by atoms with Crippen molar-refractivity contribution < 1.29 is 18.1 Å². The molecular formula is C26H28ClN3O5S2. The lowest BCUT2D eigenvalue weighted by atomic mass is 9.95. The van der Waals surface area contributed by atoms with Gasteiger partial charge in [0, 0.05) is 23.5 Å². The number of thiophene rings is 1. The molecule has 1 aromatic heterocycles. The van der Waals surface area contributed by atoms with Gasteiger partial charge in [-0.05, 0) is 42.0 Å². The van der Waals surface area contributed by atoms with Crippen molar-refractivity contribution in [2.45, 2.75) is 56.1 Å². The molecule has 1 saturated carbocycles. The van der Waals surface area contributed by atoms with Crippen LogP contribution in [0.4, 0.5) is 5.69 Å². The summed E-state index contributed by atoms with van der Waals surface area (Å²) in [6.07, 6.45) is 3.98. The van der Waals surface area contributed by atoms with Gasteiger partial charge in [0.1, 0.15) is 5.02 Å². The number of nitro benzene ring substituents is 1. The van der Waals surface area contributed by atoms with Crippen LogP contribution in [0.1, 0.15) is 42.5 Å². The minimum absolute atomic E-state index is 0.144. The molecule has 1 aliphatic carbocycles. The Kier molecular flexibility index (Phi) is 8.96. The number of nitro groups is 1. The zero-order valence-corrected chi connectivity index (χ0v) is 22.6. The number of carbonyl (C=O) groups is 1. The number of benzene rings is 2. The molecule has 0 N–H and O–H groups in total. The summed E-state index contributed by atoms with van der Waals surface area (Å²) in [5, 5.41) is 13.2. The highest BCUT2D eigenvalue weighted by atomic mass is 35.5. The summed E-state index contributed by atoms with van der Waals surface area (Å²) >= 11 is 7.46. The van der Waals surface area contributed by atoms with Crippen LogP contribution in [0.5, 0.6) is 0 Å². The number of amides is 1. The van der Waals surface area contributed by atoms with Crippen LogP contribution in [0.25, 0.3) is 0 Å². The van der Waals surface area contributed by atoms with Crippen molar-refractivity contribution in [1.82, 2.24) is 9.21 Å². The maximum absolute atomic E-state index is 13.8. The van der Waals surface area contributed by atoms with E-state index in [-0.39, 0.29) is 28.4 Å². The van der Waals surface area contributed by atoms with E-state index >= 15 is 0 Å². The number of rotatable bonds is 10. The minimum atomic E-state index is -4.21. The smallest absolute Gasteiger partial charge is 0.289 e. The highest BCUT2D eigenvalue weighted by molar-refractivity contribution is 7.89. The summed E-state index contributed by atoms with van der Waals surface area (Å²) in [5.41, 5.74) is 0.453. The monoisotopic (exact) mass is 561 g/mol. The van der Waals surface area contributed by atoms with Gasteiger partial charge in [-0.1, -0.05) is 67.3 Å². The zero-order chi connectivity index (χ0) is 26.4. The Morgan fingerprint density at radius 2 is 1.76 bits per heavy atom. The maximum atomic E-state index is 13.8. The lowest BCUT2D eigenvalue weighted by molar-refractivity contribution is -0.384. The standard InChI is InChI=1S/C26H28ClN3O5S2/c27-24-14-13-23(16-25(24)30(32)33)37(34,35)29(21-10-5-2-6-11-21)19-26(31)28(18-22-12-7-15-36-22)17-20-8-3-1-4-9-20/h1,3-4,7-9,12-16,21H,2,5-6,10-11,17-19H2. The van der Waals surface area contributed by atoms with Gasteiger partial charge < -0.3 is 4.90 Å². The Morgan fingerprint density at radius 1 is 1.03 bits per heavy atom. The van der Waals surface area contributed by atoms with Crippen LogP contribution in [-0.2, 0) is 27.9 Å². The molecule has 1 fully saturated rings. The first-order chi connectivity index (χ1) is 17.8. The number of hydrogen-bond acceptors (Lipinski definition) is 6. The van der Waals surface area contributed by atoms with Gasteiger partial charge in [0.2, 0.25) is 15.9 Å². The largest absolute Gasteiger partial charge is 0.332 e. The van der Waals surface area contributed by atoms with Gasteiger partial charge in [0.05, 0.1) is 22.9 Å². The molecule has 4 rings (SSSR count). The van der Waals surface area contributed by atoms with E-state index < -0.39 is 20.6 Å². The Bertz CT molecular complexity index is 1330. The van der Waals surface area contributed by atoms with E-state index in [4.69, 9.17) is 11.6 Å². The van der Waals surface area contributed by atoms with Crippen molar-refractivity contribution in [1.29, 1.82) is 0 Å². The molecule has 0 spiro atoms. The summed E-state index contributed by atoms with van der Waals surface area (Å²) in [5.74, 6) is -0.324. The van der Waals surface area contributed by atoms with Crippen LogP contribution >= 0.6 is 22.9 Å². The molecule has 0 unspecified atom stereocenters. The fourth-order valence-electron chi connectivity index (χ4n) is 4.57. The van der Waals surface area contributed by atoms with Crippen LogP contribution in [0.2, 0.25) is 5.02 Å². The van der Waals surface area contributed by atoms with Gasteiger partial charge in [-0.2, -0.15) is 4.31 Å². The number of carbonyl (C=O) groups excluding carboxylic acids is 1. The number of nitrogens with zero attached hydrogens (tertiary/aromatic N) is 3. The van der Waals surface area contributed by atoms with Crippen LogP contribution in [0.3, 0.4) is 0 Å². The van der Waals surface area contributed by atoms with E-state index in [1.165, 1.54) is 27.8 Å². The average molecular weight is 562 g/mol. The number of halogens is 1. The Balaban J connectivity index is 1.66. The van der Waals surface area contributed by atoms with Crippen molar-refractivity contribution in [3.8, 4) is 0 Å². The van der Waals surface area contributed by atoms with Crippen LogP contribution in [0.15, 0.2) is 70.9 Å². The zero-order valence-electron chi connectivity index (χ0n) is 20.2. The molecule has 1 aliphatic rings. The fraction of sp³-hybridized carbons (Fsp3) is 0.346. The van der Waals surface area contributed by atoms with Gasteiger partial charge in [-0.25, -0.2) is 8.42 Å². The topological polar surface area (TPSA) is 101 Å². The molecule has 0 bridgehead atoms. The van der Waals surface area contributed by atoms with Gasteiger partial charge in [-0.15, -0.1) is 11.3 Å². The third-order valence-electron chi connectivity index (χ3n) is 6.49. The van der Waals surface area contributed by atoms with E-state index in [9.17, 15) is 23.3 Å². The summed E-state index contributed by atoms with van der Waals surface area (Å²) in [6.45, 7) is 0.348. The Hall–Kier alpha value is -2.79. The molecule has 0 saturated heterocycles. The molecule has 3 aromatic rings. The second kappa shape index (κ2) is 12.2. The van der Waals surface area contributed by atoms with E-state index in [1.807, 2.05) is 47.8 Å². The first-order valence-corrected chi connectivity index (χ1v) is 14.8. The average Bonchev–Trinajstić information content (AvgIpc) is 3.41. The molecule has 37 heavy (non-hydrogen) atoms. The molecule has 0 radical (unpaired) electrons. The third-order valence-corrected chi connectivity index (χ3v) is 9.56. The predicted molar refractivity (Wildman–Crippen MR) is 144 cm³/mol. The third kappa shape index (κ3) is 6.75. The molecule has 196 valence electrons. The summed E-state index contributed by atoms with van der Waals surface area (Å²) in [7, 11) is -4.21. The quantitative estimate of drug-likeness (QED) is 0.228. The first-order valence-electron chi connectivity index (χ1n) is 12.1. The first kappa shape index (κ1) is 27.3. The summed E-state index contributed by atoms with van der Waals surface area (Å²) in [6, 6.07) is 16.5. The van der Waals surface area contributed by atoms with Crippen LogP contribution in [-0.4, -0.2) is 41.0 Å². The molecule has 1 amide bonds. The molecule has 0 aliphatic heterocycles. The predicted octanol–water partition coefficient (Wildman–Crippen LogP) is 5.86. The fourth-order valence-corrected chi connectivity index (χ4v) is 7.13. The summed E-state index contributed by atoms with van der Waals surface area (Å²) in [4.78, 5) is 26.9. The maximum Gasteiger partial charge on any atom is 0.289 e. The van der Waals surface area contributed by atoms with Crippen LogP contribution < -0.4 is 0 Å². The molecule has 8 nitrogen and oxygen atoms in total. The molecular weight excluding hydrogens is 534 g/mol. The van der Waals surface area contributed by atoms with E-state index in [2.05, 4.69) is 0 Å². The highest BCUT2D eigenvalue weighted by Crippen LogP contribution is 2.32. The van der Waals surface area contributed by atoms with Gasteiger partial charge in [0.15, 0.2) is 0 Å². The van der Waals surface area contributed by atoms with Crippen molar-refractivity contribution in [3.63, 3.8) is 0 Å².